The van der Waals surface area contributed by atoms with Gasteiger partial charge in [-0.15, -0.1) is 0 Å². The summed E-state index contributed by atoms with van der Waals surface area (Å²) >= 11 is 0. The zero-order chi connectivity index (χ0) is 12.0. The van der Waals surface area contributed by atoms with E-state index in [1.807, 2.05) is 0 Å². The number of hydrogen-bond donors (Lipinski definition) is 2. The Morgan fingerprint density at radius 3 is 2.44 bits per heavy atom. The first kappa shape index (κ1) is 13.0. The van der Waals surface area contributed by atoms with Crippen LogP contribution in [0.4, 0.5) is 0 Å². The molecule has 0 aliphatic heterocycles. The third-order valence-corrected chi connectivity index (χ3v) is 3.31. The van der Waals surface area contributed by atoms with E-state index in [1.165, 1.54) is 19.3 Å². The summed E-state index contributed by atoms with van der Waals surface area (Å²) in [5, 5.41) is 11.6. The number of aliphatic carboxylic acids is 1. The molecule has 0 aromatic rings. The van der Waals surface area contributed by atoms with Crippen molar-refractivity contribution in [3.63, 3.8) is 0 Å². The number of carbonyl (C=O) groups is 2. The van der Waals surface area contributed by atoms with Crippen molar-refractivity contribution in [1.82, 2.24) is 5.32 Å². The molecule has 0 radical (unpaired) electrons. The predicted molar refractivity (Wildman–Crippen MR) is 61.0 cm³/mol. The summed E-state index contributed by atoms with van der Waals surface area (Å²) in [5.74, 6) is -1.70. The van der Waals surface area contributed by atoms with E-state index in [2.05, 4.69) is 5.32 Å². The van der Waals surface area contributed by atoms with Crippen molar-refractivity contribution in [3.8, 4) is 0 Å². The second-order valence-electron chi connectivity index (χ2n) is 4.55. The highest BCUT2D eigenvalue weighted by Gasteiger charge is 2.24. The summed E-state index contributed by atoms with van der Waals surface area (Å²) < 4.78 is 0. The van der Waals surface area contributed by atoms with E-state index in [0.29, 0.717) is 18.9 Å². The minimum Gasteiger partial charge on any atom is -0.481 e. The number of rotatable bonds is 5. The summed E-state index contributed by atoms with van der Waals surface area (Å²) in [4.78, 5) is 22.3. The van der Waals surface area contributed by atoms with Crippen LogP contribution in [-0.4, -0.2) is 23.5 Å². The van der Waals surface area contributed by atoms with E-state index in [1.54, 1.807) is 6.92 Å². The van der Waals surface area contributed by atoms with Crippen molar-refractivity contribution < 1.29 is 14.7 Å². The van der Waals surface area contributed by atoms with Crippen molar-refractivity contribution in [2.24, 2.45) is 11.8 Å². The van der Waals surface area contributed by atoms with Crippen molar-refractivity contribution in [2.45, 2.75) is 45.4 Å². The average molecular weight is 227 g/mol. The normalized spacial score (nSPS) is 19.1. The number of carbonyl (C=O) groups excluding carboxylic acids is 1. The van der Waals surface area contributed by atoms with E-state index in [-0.39, 0.29) is 5.91 Å². The van der Waals surface area contributed by atoms with Gasteiger partial charge in [0.05, 0.1) is 0 Å². The number of carboxylic acids is 1. The summed E-state index contributed by atoms with van der Waals surface area (Å²) in [6.07, 6.45) is 6.42. The Balaban J connectivity index is 2.30. The van der Waals surface area contributed by atoms with Gasteiger partial charge in [0, 0.05) is 6.54 Å². The summed E-state index contributed by atoms with van der Waals surface area (Å²) in [6.45, 7) is 2.36. The first-order valence-corrected chi connectivity index (χ1v) is 6.15. The molecule has 0 saturated heterocycles. The molecule has 92 valence electrons. The van der Waals surface area contributed by atoms with Gasteiger partial charge < -0.3 is 10.4 Å². The van der Waals surface area contributed by atoms with E-state index >= 15 is 0 Å². The van der Waals surface area contributed by atoms with Gasteiger partial charge >= 0.3 is 5.97 Å². The predicted octanol–water partition coefficient (Wildman–Crippen LogP) is 1.79. The number of hydrogen-bond acceptors (Lipinski definition) is 2. The molecule has 1 fully saturated rings. The van der Waals surface area contributed by atoms with Gasteiger partial charge in [-0.25, -0.2) is 0 Å². The Bertz CT molecular complexity index is 247. The first-order valence-electron chi connectivity index (χ1n) is 6.15. The third-order valence-electron chi connectivity index (χ3n) is 3.31. The molecule has 4 nitrogen and oxygen atoms in total. The second-order valence-corrected chi connectivity index (χ2v) is 4.55. The molecular weight excluding hydrogens is 206 g/mol. The summed E-state index contributed by atoms with van der Waals surface area (Å²) in [5.41, 5.74) is 0. The van der Waals surface area contributed by atoms with E-state index in [0.717, 1.165) is 12.8 Å². The van der Waals surface area contributed by atoms with Crippen LogP contribution in [0.15, 0.2) is 0 Å². The molecule has 16 heavy (non-hydrogen) atoms. The van der Waals surface area contributed by atoms with E-state index < -0.39 is 11.9 Å². The van der Waals surface area contributed by atoms with Crippen LogP contribution in [0.25, 0.3) is 0 Å². The third kappa shape index (κ3) is 3.83. The lowest BCUT2D eigenvalue weighted by Crippen LogP contribution is -2.38. The van der Waals surface area contributed by atoms with E-state index in [9.17, 15) is 9.59 Å². The van der Waals surface area contributed by atoms with Crippen molar-refractivity contribution >= 4 is 11.9 Å². The molecule has 2 N–H and O–H groups in total. The molecule has 1 aliphatic rings. The maximum absolute atomic E-state index is 11.6. The van der Waals surface area contributed by atoms with E-state index in [4.69, 9.17) is 5.11 Å². The Kier molecular flexibility index (Phi) is 5.29. The van der Waals surface area contributed by atoms with Gasteiger partial charge in [-0.1, -0.05) is 26.2 Å². The number of nitrogens with one attached hydrogen (secondary N) is 1. The fourth-order valence-electron chi connectivity index (χ4n) is 2.23. The van der Waals surface area contributed by atoms with Crippen molar-refractivity contribution in [1.29, 1.82) is 0 Å². The quantitative estimate of drug-likeness (QED) is 0.704. The largest absolute Gasteiger partial charge is 0.481 e. The molecule has 0 aromatic heterocycles. The zero-order valence-electron chi connectivity index (χ0n) is 9.87. The Morgan fingerprint density at radius 1 is 1.31 bits per heavy atom. The molecule has 0 spiro atoms. The molecule has 0 bridgehead atoms. The smallest absolute Gasteiger partial charge is 0.316 e. The minimum absolute atomic E-state index is 0.333. The summed E-state index contributed by atoms with van der Waals surface area (Å²) in [7, 11) is 0. The van der Waals surface area contributed by atoms with Crippen molar-refractivity contribution in [3.05, 3.63) is 0 Å². The molecule has 4 heteroatoms. The van der Waals surface area contributed by atoms with Crippen LogP contribution in [0.1, 0.15) is 45.4 Å². The van der Waals surface area contributed by atoms with Crippen LogP contribution in [0.2, 0.25) is 0 Å². The lowest BCUT2D eigenvalue weighted by atomic mass is 9.89. The highest BCUT2D eigenvalue weighted by molar-refractivity contribution is 5.96. The second kappa shape index (κ2) is 6.51. The van der Waals surface area contributed by atoms with Gasteiger partial charge in [-0.3, -0.25) is 9.59 Å². The van der Waals surface area contributed by atoms with Gasteiger partial charge in [0.2, 0.25) is 5.91 Å². The van der Waals surface area contributed by atoms with Gasteiger partial charge in [0.15, 0.2) is 0 Å². The molecule has 0 heterocycles. The molecular formula is C12H21NO3. The number of amides is 1. The fraction of sp³-hybridized carbons (Fsp3) is 0.833. The fourth-order valence-corrected chi connectivity index (χ4v) is 2.23. The van der Waals surface area contributed by atoms with Gasteiger partial charge in [0.25, 0.3) is 0 Å². The highest BCUT2D eigenvalue weighted by atomic mass is 16.4. The van der Waals surface area contributed by atoms with Gasteiger partial charge in [0.1, 0.15) is 5.92 Å². The van der Waals surface area contributed by atoms with Crippen LogP contribution >= 0.6 is 0 Å². The van der Waals surface area contributed by atoms with Crippen LogP contribution in [0, 0.1) is 11.8 Å². The molecule has 1 saturated carbocycles. The van der Waals surface area contributed by atoms with Crippen LogP contribution in [0.5, 0.6) is 0 Å². The molecule has 0 aromatic carbocycles. The molecule has 1 aliphatic carbocycles. The maximum Gasteiger partial charge on any atom is 0.316 e. The molecule has 1 rings (SSSR count). The lowest BCUT2D eigenvalue weighted by Gasteiger charge is -2.22. The van der Waals surface area contributed by atoms with Crippen molar-refractivity contribution in [2.75, 3.05) is 6.54 Å². The van der Waals surface area contributed by atoms with Crippen LogP contribution in [0.3, 0.4) is 0 Å². The standard InChI is InChI=1S/C12H21NO3/c1-2-10(12(15)16)11(14)13-8-9-6-4-3-5-7-9/h9-10H,2-8H2,1H3,(H,13,14)(H,15,16). The monoisotopic (exact) mass is 227 g/mol. The minimum atomic E-state index is -1.02. The first-order chi connectivity index (χ1) is 7.65. The molecule has 1 atom stereocenters. The van der Waals surface area contributed by atoms with Crippen LogP contribution in [-0.2, 0) is 9.59 Å². The number of carboxylic acid groups (broad SMARTS) is 1. The van der Waals surface area contributed by atoms with Crippen LogP contribution < -0.4 is 5.32 Å². The van der Waals surface area contributed by atoms with Gasteiger partial charge in [-0.2, -0.15) is 0 Å². The molecule has 1 unspecified atom stereocenters. The Morgan fingerprint density at radius 2 is 1.94 bits per heavy atom. The van der Waals surface area contributed by atoms with Gasteiger partial charge in [-0.05, 0) is 25.2 Å². The zero-order valence-corrected chi connectivity index (χ0v) is 9.87. The topological polar surface area (TPSA) is 66.4 Å². The lowest BCUT2D eigenvalue weighted by molar-refractivity contribution is -0.147. The maximum atomic E-state index is 11.6. The summed E-state index contributed by atoms with van der Waals surface area (Å²) in [6, 6.07) is 0. The SMILES string of the molecule is CCC(C(=O)O)C(=O)NCC1CCCCC1. The highest BCUT2D eigenvalue weighted by Crippen LogP contribution is 2.22. The Hall–Kier alpha value is -1.06. The molecule has 1 amide bonds. The average Bonchev–Trinajstić information content (AvgIpc) is 2.28. The Labute approximate surface area is 96.4 Å².